The van der Waals surface area contributed by atoms with Crippen molar-refractivity contribution in [3.8, 4) is 12.3 Å². The van der Waals surface area contributed by atoms with Crippen molar-refractivity contribution in [3.63, 3.8) is 0 Å². The fraction of sp³-hybridized carbons (Fsp3) is 0.100. The zero-order valence-corrected chi connectivity index (χ0v) is 13.0. The Balaban J connectivity index is 1.87. The molecule has 0 fully saturated rings. The van der Waals surface area contributed by atoms with E-state index in [4.69, 9.17) is 6.42 Å². The molecule has 0 bridgehead atoms. The van der Waals surface area contributed by atoms with Crippen LogP contribution < -0.4 is 10.5 Å². The van der Waals surface area contributed by atoms with Gasteiger partial charge in [-0.3, -0.25) is 4.79 Å². The van der Waals surface area contributed by atoms with Gasteiger partial charge in [-0.25, -0.2) is 4.98 Å². The number of hydrogen-bond donors (Lipinski definition) is 1. The second kappa shape index (κ2) is 5.39. The minimum Gasteiger partial charge on any atom is -0.318 e. The van der Waals surface area contributed by atoms with Crippen molar-refractivity contribution in [2.24, 2.45) is 0 Å². The van der Waals surface area contributed by atoms with Gasteiger partial charge in [0.05, 0.1) is 6.04 Å². The van der Waals surface area contributed by atoms with E-state index >= 15 is 0 Å². The van der Waals surface area contributed by atoms with Crippen molar-refractivity contribution in [2.45, 2.75) is 12.5 Å². The third kappa shape index (κ3) is 2.10. The lowest BCUT2D eigenvalue weighted by Gasteiger charge is -2.26. The smallest absolute Gasteiger partial charge is 0.249 e. The monoisotopic (exact) mass is 313 g/mol. The number of aromatic amines is 1. The van der Waals surface area contributed by atoms with E-state index in [-0.39, 0.29) is 11.6 Å². The molecule has 116 valence electrons. The number of rotatable bonds is 2. The largest absolute Gasteiger partial charge is 0.318 e. The fourth-order valence-electron chi connectivity index (χ4n) is 3.27. The summed E-state index contributed by atoms with van der Waals surface area (Å²) in [6.07, 6.45) is 6.14. The highest BCUT2D eigenvalue weighted by Crippen LogP contribution is 2.44. The highest BCUT2D eigenvalue weighted by Gasteiger charge is 2.33. The second-order valence-electron chi connectivity index (χ2n) is 5.76. The maximum atomic E-state index is 11.6. The summed E-state index contributed by atoms with van der Waals surface area (Å²) < 4.78 is 0. The van der Waals surface area contributed by atoms with Crippen molar-refractivity contribution in [1.29, 1.82) is 0 Å². The van der Waals surface area contributed by atoms with E-state index in [0.717, 1.165) is 28.0 Å². The van der Waals surface area contributed by atoms with Gasteiger partial charge in [-0.1, -0.05) is 30.8 Å². The van der Waals surface area contributed by atoms with Crippen LogP contribution in [-0.2, 0) is 0 Å². The summed E-state index contributed by atoms with van der Waals surface area (Å²) in [4.78, 5) is 21.0. The quantitative estimate of drug-likeness (QED) is 0.737. The molecular formula is C20H15N3O. The van der Waals surface area contributed by atoms with Gasteiger partial charge in [-0.15, -0.1) is 12.3 Å². The van der Waals surface area contributed by atoms with Crippen LogP contribution in [0.5, 0.6) is 0 Å². The first-order valence-electron chi connectivity index (χ1n) is 7.70. The molecule has 0 saturated heterocycles. The van der Waals surface area contributed by atoms with Gasteiger partial charge in [0.25, 0.3) is 0 Å². The number of pyridine rings is 2. The average molecular weight is 313 g/mol. The van der Waals surface area contributed by atoms with Crippen LogP contribution in [0.4, 0.5) is 5.82 Å². The molecule has 0 saturated carbocycles. The van der Waals surface area contributed by atoms with Crippen LogP contribution in [-0.4, -0.2) is 9.97 Å². The number of terminal acetylenes is 1. The van der Waals surface area contributed by atoms with Crippen molar-refractivity contribution in [2.75, 3.05) is 4.90 Å². The summed E-state index contributed by atoms with van der Waals surface area (Å²) in [5, 5.41) is 0.883. The van der Waals surface area contributed by atoms with E-state index in [1.807, 2.05) is 30.3 Å². The minimum atomic E-state index is -0.171. The molecule has 0 aliphatic carbocycles. The van der Waals surface area contributed by atoms with E-state index in [9.17, 15) is 4.79 Å². The summed E-state index contributed by atoms with van der Waals surface area (Å²) in [7, 11) is 0. The highest BCUT2D eigenvalue weighted by atomic mass is 16.1. The Hall–Kier alpha value is -3.32. The number of anilines is 1. The lowest BCUT2D eigenvalue weighted by atomic mass is 10.0. The summed E-state index contributed by atoms with van der Waals surface area (Å²) >= 11 is 0. The van der Waals surface area contributed by atoms with Gasteiger partial charge in [0.2, 0.25) is 5.56 Å². The van der Waals surface area contributed by atoms with Crippen LogP contribution in [0.3, 0.4) is 0 Å². The molecule has 0 radical (unpaired) electrons. The molecule has 1 unspecified atom stereocenters. The molecule has 4 nitrogen and oxygen atoms in total. The first-order valence-corrected chi connectivity index (χ1v) is 7.70. The molecule has 24 heavy (non-hydrogen) atoms. The number of hydrogen-bond acceptors (Lipinski definition) is 3. The standard InChI is InChI=1S/C20H15N3O/c1-3-6-17-16-8-5-4-7-15(16)13(2)23(17)18-11-9-14-10-12-19(24)22-20(14)21-18/h1,4-5,7-12,17H,2,6H2,(H,21,22,24). The van der Waals surface area contributed by atoms with Crippen molar-refractivity contribution >= 4 is 22.5 Å². The SMILES string of the molecule is C#CCC1c2ccccc2C(=C)N1c1ccc2ccc(=O)[nH]c2n1. The molecule has 1 N–H and O–H groups in total. The number of nitrogens with one attached hydrogen (secondary N) is 1. The molecule has 2 aromatic heterocycles. The summed E-state index contributed by atoms with van der Waals surface area (Å²) in [6.45, 7) is 4.23. The van der Waals surface area contributed by atoms with Crippen LogP contribution in [0.25, 0.3) is 16.7 Å². The molecule has 0 amide bonds. The zero-order valence-electron chi connectivity index (χ0n) is 13.0. The Morgan fingerprint density at radius 3 is 2.83 bits per heavy atom. The van der Waals surface area contributed by atoms with E-state index < -0.39 is 0 Å². The van der Waals surface area contributed by atoms with Gasteiger partial charge in [-0.05, 0) is 23.8 Å². The maximum Gasteiger partial charge on any atom is 0.249 e. The van der Waals surface area contributed by atoms with Crippen molar-refractivity contribution in [1.82, 2.24) is 9.97 Å². The van der Waals surface area contributed by atoms with E-state index in [0.29, 0.717) is 12.1 Å². The highest BCUT2D eigenvalue weighted by molar-refractivity contribution is 5.86. The van der Waals surface area contributed by atoms with Crippen LogP contribution in [0.1, 0.15) is 23.6 Å². The Bertz CT molecular complexity index is 1060. The summed E-state index contributed by atoms with van der Waals surface area (Å²) in [5.41, 5.74) is 3.50. The predicted molar refractivity (Wildman–Crippen MR) is 96.5 cm³/mol. The fourth-order valence-corrected chi connectivity index (χ4v) is 3.27. The number of aromatic nitrogens is 2. The van der Waals surface area contributed by atoms with Crippen LogP contribution in [0.2, 0.25) is 0 Å². The van der Waals surface area contributed by atoms with Gasteiger partial charge < -0.3 is 9.88 Å². The van der Waals surface area contributed by atoms with E-state index in [1.165, 1.54) is 6.07 Å². The van der Waals surface area contributed by atoms with Crippen molar-refractivity contribution < 1.29 is 0 Å². The number of benzene rings is 1. The molecule has 1 aliphatic rings. The first-order chi connectivity index (χ1) is 11.7. The van der Waals surface area contributed by atoms with Crippen LogP contribution >= 0.6 is 0 Å². The summed E-state index contributed by atoms with van der Waals surface area (Å²) in [5.74, 6) is 3.48. The van der Waals surface area contributed by atoms with E-state index in [1.54, 1.807) is 6.07 Å². The number of nitrogens with zero attached hydrogens (tertiary/aromatic N) is 2. The van der Waals surface area contributed by atoms with E-state index in [2.05, 4.69) is 33.4 Å². The Labute approximate surface area is 139 Å². The lowest BCUT2D eigenvalue weighted by Crippen LogP contribution is -2.21. The summed E-state index contributed by atoms with van der Waals surface area (Å²) in [6, 6.07) is 15.2. The molecule has 1 aromatic carbocycles. The Kier molecular flexibility index (Phi) is 3.21. The normalized spacial score (nSPS) is 16.2. The zero-order chi connectivity index (χ0) is 16.7. The number of fused-ring (bicyclic) bond motifs is 2. The van der Waals surface area contributed by atoms with Crippen molar-refractivity contribution in [3.05, 3.63) is 76.6 Å². The molecule has 1 atom stereocenters. The minimum absolute atomic E-state index is 0.000848. The van der Waals surface area contributed by atoms with Crippen LogP contribution in [0.15, 0.2) is 59.9 Å². The second-order valence-corrected chi connectivity index (χ2v) is 5.76. The molecule has 0 spiro atoms. The molecule has 3 heterocycles. The molecule has 4 heteroatoms. The lowest BCUT2D eigenvalue weighted by molar-refractivity contribution is 0.745. The molecular weight excluding hydrogens is 298 g/mol. The van der Waals surface area contributed by atoms with Gasteiger partial charge in [-0.2, -0.15) is 0 Å². The maximum absolute atomic E-state index is 11.6. The third-order valence-corrected chi connectivity index (χ3v) is 4.36. The Morgan fingerprint density at radius 1 is 1.21 bits per heavy atom. The first kappa shape index (κ1) is 14.3. The van der Waals surface area contributed by atoms with Gasteiger partial charge in [0, 0.05) is 29.1 Å². The average Bonchev–Trinajstić information content (AvgIpc) is 2.87. The van der Waals surface area contributed by atoms with Gasteiger partial charge in [0.15, 0.2) is 0 Å². The third-order valence-electron chi connectivity index (χ3n) is 4.36. The topological polar surface area (TPSA) is 49.0 Å². The molecule has 1 aliphatic heterocycles. The molecule has 4 rings (SSSR count). The number of H-pyrrole nitrogens is 1. The Morgan fingerprint density at radius 2 is 2.00 bits per heavy atom. The van der Waals surface area contributed by atoms with Gasteiger partial charge >= 0.3 is 0 Å². The predicted octanol–water partition coefficient (Wildman–Crippen LogP) is 3.48. The van der Waals surface area contributed by atoms with Gasteiger partial charge in [0.1, 0.15) is 11.5 Å². The van der Waals surface area contributed by atoms with Crippen LogP contribution in [0, 0.1) is 12.3 Å². The molecule has 3 aromatic rings.